The monoisotopic (exact) mass is 469 g/mol. The molecule has 0 amide bonds. The number of sulfonamides is 1. The number of hydrogen-bond donors (Lipinski definition) is 2. The molecular formula is C16H10Cl3N7O2S. The minimum atomic E-state index is -4.02. The largest absolute Gasteiger partial charge is 0.284 e. The third kappa shape index (κ3) is 3.92. The van der Waals surface area contributed by atoms with E-state index in [9.17, 15) is 8.42 Å². The van der Waals surface area contributed by atoms with Crippen LogP contribution in [0.15, 0.2) is 53.9 Å². The Kier molecular flexibility index (Phi) is 5.17. The van der Waals surface area contributed by atoms with E-state index >= 15 is 0 Å². The summed E-state index contributed by atoms with van der Waals surface area (Å²) >= 11 is 17.9. The highest BCUT2D eigenvalue weighted by atomic mass is 35.5. The number of hydrogen-bond acceptors (Lipinski definition) is 6. The van der Waals surface area contributed by atoms with Crippen molar-refractivity contribution in [2.24, 2.45) is 0 Å². The Morgan fingerprint density at radius 1 is 1.07 bits per heavy atom. The van der Waals surface area contributed by atoms with Gasteiger partial charge in [0.15, 0.2) is 11.6 Å². The van der Waals surface area contributed by atoms with Gasteiger partial charge in [-0.05, 0) is 24.3 Å². The van der Waals surface area contributed by atoms with E-state index in [-0.39, 0.29) is 37.2 Å². The fourth-order valence-electron chi connectivity index (χ4n) is 2.49. The molecule has 0 saturated carbocycles. The van der Waals surface area contributed by atoms with Gasteiger partial charge >= 0.3 is 0 Å². The second-order valence-electron chi connectivity index (χ2n) is 5.69. The minimum Gasteiger partial charge on any atom is -0.284 e. The molecular weight excluding hydrogens is 461 g/mol. The molecule has 3 aromatic heterocycles. The molecule has 0 aliphatic heterocycles. The van der Waals surface area contributed by atoms with E-state index < -0.39 is 10.0 Å². The summed E-state index contributed by atoms with van der Waals surface area (Å²) in [6.45, 7) is 0. The molecule has 0 aliphatic carbocycles. The number of rotatable bonds is 5. The predicted molar refractivity (Wildman–Crippen MR) is 109 cm³/mol. The molecule has 148 valence electrons. The van der Waals surface area contributed by atoms with Crippen LogP contribution in [0.2, 0.25) is 15.1 Å². The first-order chi connectivity index (χ1) is 13.8. The van der Waals surface area contributed by atoms with Crippen LogP contribution >= 0.6 is 34.8 Å². The topological polar surface area (TPSA) is 118 Å². The molecule has 2 N–H and O–H groups in total. The Morgan fingerprint density at radius 3 is 2.62 bits per heavy atom. The van der Waals surface area contributed by atoms with Crippen LogP contribution in [-0.2, 0) is 10.0 Å². The van der Waals surface area contributed by atoms with Crippen LogP contribution in [0, 0.1) is 0 Å². The Balaban J connectivity index is 1.79. The molecule has 0 spiro atoms. The van der Waals surface area contributed by atoms with Gasteiger partial charge in [-0.15, -0.1) is 10.2 Å². The van der Waals surface area contributed by atoms with Crippen molar-refractivity contribution in [1.82, 2.24) is 29.9 Å². The van der Waals surface area contributed by atoms with Crippen LogP contribution in [0.3, 0.4) is 0 Å². The molecule has 0 radical (unpaired) electrons. The van der Waals surface area contributed by atoms with Crippen molar-refractivity contribution >= 4 is 50.5 Å². The maximum absolute atomic E-state index is 12.9. The highest BCUT2D eigenvalue weighted by Crippen LogP contribution is 2.31. The average molecular weight is 471 g/mol. The van der Waals surface area contributed by atoms with E-state index in [1.54, 1.807) is 16.8 Å². The lowest BCUT2D eigenvalue weighted by atomic mass is 10.3. The van der Waals surface area contributed by atoms with Crippen molar-refractivity contribution in [2.75, 3.05) is 4.72 Å². The van der Waals surface area contributed by atoms with E-state index in [0.717, 1.165) is 0 Å². The van der Waals surface area contributed by atoms with Gasteiger partial charge in [0.05, 0.1) is 25.7 Å². The fraction of sp³-hybridized carbons (Fsp3) is 0. The summed E-state index contributed by atoms with van der Waals surface area (Å²) in [5.41, 5.74) is 0.312. The first kappa shape index (κ1) is 19.6. The summed E-state index contributed by atoms with van der Waals surface area (Å²) in [6, 6.07) is 7.09. The molecule has 13 heteroatoms. The summed E-state index contributed by atoms with van der Waals surface area (Å²) in [5, 5.41) is 15.2. The van der Waals surface area contributed by atoms with Crippen LogP contribution in [0.5, 0.6) is 0 Å². The van der Waals surface area contributed by atoms with Gasteiger partial charge in [-0.2, -0.15) is 5.10 Å². The lowest BCUT2D eigenvalue weighted by Gasteiger charge is -2.13. The molecule has 0 bridgehead atoms. The van der Waals surface area contributed by atoms with Gasteiger partial charge in [-0.3, -0.25) is 14.4 Å². The number of nitrogens with zero attached hydrogens (tertiary/aromatic N) is 5. The smallest absolute Gasteiger partial charge is 0.262 e. The maximum Gasteiger partial charge on any atom is 0.262 e. The van der Waals surface area contributed by atoms with E-state index in [1.165, 1.54) is 36.8 Å². The number of halogens is 3. The van der Waals surface area contributed by atoms with Gasteiger partial charge in [-0.1, -0.05) is 34.8 Å². The molecule has 0 atom stereocenters. The van der Waals surface area contributed by atoms with E-state index in [2.05, 4.69) is 30.1 Å². The number of anilines is 1. The standard InChI is InChI=1S/C16H10Cl3N7O2S/c17-9-5-13(25-29(27,28)10-1-2-11(18)12(19)6-10)15(20-7-9)16-24-22-8-26(16)14-3-4-21-23-14/h1-8,25H,(H,21,23). The van der Waals surface area contributed by atoms with Crippen molar-refractivity contribution in [3.8, 4) is 17.3 Å². The van der Waals surface area contributed by atoms with Gasteiger partial charge < -0.3 is 0 Å². The predicted octanol–water partition coefficient (Wildman–Crippen LogP) is 3.81. The van der Waals surface area contributed by atoms with Crippen LogP contribution in [0.4, 0.5) is 5.69 Å². The zero-order chi connectivity index (χ0) is 20.6. The average Bonchev–Trinajstić information content (AvgIpc) is 3.35. The van der Waals surface area contributed by atoms with Gasteiger partial charge in [0.1, 0.15) is 12.0 Å². The van der Waals surface area contributed by atoms with Crippen molar-refractivity contribution < 1.29 is 8.42 Å². The van der Waals surface area contributed by atoms with E-state index in [1.807, 2.05) is 0 Å². The Morgan fingerprint density at radius 2 is 1.90 bits per heavy atom. The summed E-state index contributed by atoms with van der Waals surface area (Å²) in [6.07, 6.45) is 4.43. The normalized spacial score (nSPS) is 11.6. The third-order valence-corrected chi connectivity index (χ3v) is 6.10. The van der Waals surface area contributed by atoms with Gasteiger partial charge in [0.25, 0.3) is 10.0 Å². The number of pyridine rings is 1. The molecule has 0 saturated heterocycles. The number of H-pyrrole nitrogens is 1. The lowest BCUT2D eigenvalue weighted by molar-refractivity contribution is 0.601. The fourth-order valence-corrected chi connectivity index (χ4v) is 4.10. The number of aromatic amines is 1. The summed E-state index contributed by atoms with van der Waals surface area (Å²) in [5.74, 6) is 0.764. The maximum atomic E-state index is 12.9. The molecule has 29 heavy (non-hydrogen) atoms. The number of aromatic nitrogens is 6. The summed E-state index contributed by atoms with van der Waals surface area (Å²) in [4.78, 5) is 4.16. The second kappa shape index (κ2) is 7.64. The first-order valence-electron chi connectivity index (χ1n) is 7.89. The molecule has 9 nitrogen and oxygen atoms in total. The highest BCUT2D eigenvalue weighted by molar-refractivity contribution is 7.92. The van der Waals surface area contributed by atoms with Crippen LogP contribution in [-0.4, -0.2) is 38.4 Å². The summed E-state index contributed by atoms with van der Waals surface area (Å²) in [7, 11) is -4.02. The van der Waals surface area contributed by atoms with Crippen LogP contribution in [0.1, 0.15) is 0 Å². The molecule has 0 aliphatic rings. The molecule has 4 aromatic rings. The Hall–Kier alpha value is -2.66. The second-order valence-corrected chi connectivity index (χ2v) is 8.62. The molecule has 1 aromatic carbocycles. The molecule has 0 unspecified atom stereocenters. The first-order valence-corrected chi connectivity index (χ1v) is 10.5. The van der Waals surface area contributed by atoms with Gasteiger partial charge in [0.2, 0.25) is 0 Å². The van der Waals surface area contributed by atoms with Crippen LogP contribution < -0.4 is 4.72 Å². The zero-order valence-electron chi connectivity index (χ0n) is 14.2. The number of nitrogens with one attached hydrogen (secondary N) is 2. The van der Waals surface area contributed by atoms with Gasteiger partial charge in [-0.25, -0.2) is 13.4 Å². The molecule has 3 heterocycles. The lowest BCUT2D eigenvalue weighted by Crippen LogP contribution is -2.14. The van der Waals surface area contributed by atoms with E-state index in [0.29, 0.717) is 5.82 Å². The van der Waals surface area contributed by atoms with Crippen molar-refractivity contribution in [1.29, 1.82) is 0 Å². The Bertz CT molecular complexity index is 1290. The van der Waals surface area contributed by atoms with Gasteiger partial charge in [0, 0.05) is 18.5 Å². The zero-order valence-corrected chi connectivity index (χ0v) is 17.3. The van der Waals surface area contributed by atoms with Crippen LogP contribution in [0.25, 0.3) is 17.3 Å². The molecule has 4 rings (SSSR count). The minimum absolute atomic E-state index is 0.0772. The molecule has 0 fully saturated rings. The van der Waals surface area contributed by atoms with Crippen molar-refractivity contribution in [3.05, 3.63) is 64.1 Å². The highest BCUT2D eigenvalue weighted by Gasteiger charge is 2.22. The number of benzene rings is 1. The Labute approximate surface area is 179 Å². The third-order valence-electron chi connectivity index (χ3n) is 3.79. The van der Waals surface area contributed by atoms with E-state index in [4.69, 9.17) is 34.8 Å². The summed E-state index contributed by atoms with van der Waals surface area (Å²) < 4.78 is 29.7. The van der Waals surface area contributed by atoms with Crippen molar-refractivity contribution in [3.63, 3.8) is 0 Å². The SMILES string of the molecule is O=S(=O)(Nc1cc(Cl)cnc1-c1nncn1-c1cc[nH]n1)c1ccc(Cl)c(Cl)c1. The quantitative estimate of drug-likeness (QED) is 0.458. The van der Waals surface area contributed by atoms with Crippen molar-refractivity contribution in [2.45, 2.75) is 4.90 Å².